The summed E-state index contributed by atoms with van der Waals surface area (Å²) in [6.45, 7) is 4.84. The minimum absolute atomic E-state index is 0.134. The Balaban J connectivity index is 1.43. The number of unbranched alkanes of at least 4 members (excludes halogenated alkanes) is 11. The Labute approximate surface area is 250 Å². The first-order chi connectivity index (χ1) is 20.2. The van der Waals surface area contributed by atoms with Crippen LogP contribution in [0.5, 0.6) is 0 Å². The summed E-state index contributed by atoms with van der Waals surface area (Å²) in [5.41, 5.74) is 2.27. The number of rotatable bonds is 22. The lowest BCUT2D eigenvalue weighted by Crippen LogP contribution is -2.37. The molecule has 0 aliphatic rings. The second kappa shape index (κ2) is 19.6. The molecule has 3 rings (SSSR count). The maximum Gasteiger partial charge on any atom is 0.143 e. The number of benzene rings is 3. The molecule has 1 unspecified atom stereocenters. The van der Waals surface area contributed by atoms with Crippen LogP contribution in [-0.4, -0.2) is 30.5 Å². The summed E-state index contributed by atoms with van der Waals surface area (Å²) in [6, 6.07) is 30.9. The molecule has 0 spiro atoms. The fraction of sp³-hybridized carbons (Fsp3) is 0.526. The molecule has 3 heteroatoms. The van der Waals surface area contributed by atoms with Gasteiger partial charge in [-0.15, -0.1) is 0 Å². The third-order valence-electron chi connectivity index (χ3n) is 8.07. The van der Waals surface area contributed by atoms with E-state index in [2.05, 4.69) is 50.2 Å². The standard InChI is InChI=1S/C38H54O3/c1-3-4-5-6-7-8-9-10-11-12-13-17-24-33(2)40-31-37(39)32-41-38(34-25-18-14-19-26-34,35-27-20-15-21-28-35)36-29-22-16-23-30-36/h14-16,18-23,25-30,33,37,39H,3-13,17,24,31-32H2,1-2H3/t33?,37-/m1/s1. The average Bonchev–Trinajstić information content (AvgIpc) is 3.02. The summed E-state index contributed by atoms with van der Waals surface area (Å²) in [5, 5.41) is 10.9. The molecule has 0 radical (unpaired) electrons. The third kappa shape index (κ3) is 11.4. The molecule has 0 amide bonds. The molecule has 0 bridgehead atoms. The number of ether oxygens (including phenoxy) is 2. The summed E-state index contributed by atoms with van der Waals surface area (Å²) in [7, 11) is 0. The van der Waals surface area contributed by atoms with Crippen molar-refractivity contribution in [1.29, 1.82) is 0 Å². The zero-order chi connectivity index (χ0) is 29.0. The number of aliphatic hydroxyl groups excluding tert-OH is 1. The minimum atomic E-state index is -0.828. The normalized spacial score (nSPS) is 13.2. The zero-order valence-corrected chi connectivity index (χ0v) is 25.7. The highest BCUT2D eigenvalue weighted by atomic mass is 16.5. The summed E-state index contributed by atoms with van der Waals surface area (Å²) >= 11 is 0. The summed E-state index contributed by atoms with van der Waals surface area (Å²) < 4.78 is 12.8. The van der Waals surface area contributed by atoms with Gasteiger partial charge >= 0.3 is 0 Å². The van der Waals surface area contributed by atoms with Gasteiger partial charge in [0, 0.05) is 0 Å². The van der Waals surface area contributed by atoms with E-state index in [1.807, 2.05) is 54.6 Å². The van der Waals surface area contributed by atoms with Gasteiger partial charge in [0.1, 0.15) is 11.7 Å². The van der Waals surface area contributed by atoms with Crippen LogP contribution in [0.15, 0.2) is 91.0 Å². The second-order valence-electron chi connectivity index (χ2n) is 11.6. The van der Waals surface area contributed by atoms with E-state index < -0.39 is 11.7 Å². The molecule has 1 N–H and O–H groups in total. The van der Waals surface area contributed by atoms with Crippen molar-refractivity contribution in [2.45, 2.75) is 115 Å². The zero-order valence-electron chi connectivity index (χ0n) is 25.7. The first kappa shape index (κ1) is 33.0. The highest BCUT2D eigenvalue weighted by Crippen LogP contribution is 2.40. The van der Waals surface area contributed by atoms with E-state index in [9.17, 15) is 5.11 Å². The lowest BCUT2D eigenvalue weighted by atomic mass is 9.80. The van der Waals surface area contributed by atoms with E-state index in [1.54, 1.807) is 0 Å². The highest BCUT2D eigenvalue weighted by molar-refractivity contribution is 5.47. The smallest absolute Gasteiger partial charge is 0.143 e. The van der Waals surface area contributed by atoms with E-state index in [1.165, 1.54) is 77.0 Å². The fourth-order valence-electron chi connectivity index (χ4n) is 5.67. The van der Waals surface area contributed by atoms with E-state index >= 15 is 0 Å². The Morgan fingerprint density at radius 2 is 0.951 bits per heavy atom. The van der Waals surface area contributed by atoms with Crippen molar-refractivity contribution >= 4 is 0 Å². The topological polar surface area (TPSA) is 38.7 Å². The molecule has 0 saturated heterocycles. The summed E-state index contributed by atoms with van der Waals surface area (Å²) in [5.74, 6) is 0. The molecule has 41 heavy (non-hydrogen) atoms. The molecule has 3 aromatic rings. The molecule has 2 atom stereocenters. The molecule has 0 heterocycles. The fourth-order valence-corrected chi connectivity index (χ4v) is 5.67. The van der Waals surface area contributed by atoms with Crippen molar-refractivity contribution < 1.29 is 14.6 Å². The molecule has 0 saturated carbocycles. The van der Waals surface area contributed by atoms with Crippen LogP contribution in [0.4, 0.5) is 0 Å². The average molecular weight is 559 g/mol. The molecule has 3 nitrogen and oxygen atoms in total. The first-order valence-electron chi connectivity index (χ1n) is 16.3. The van der Waals surface area contributed by atoms with Crippen molar-refractivity contribution in [3.63, 3.8) is 0 Å². The maximum atomic E-state index is 10.9. The Morgan fingerprint density at radius 1 is 0.561 bits per heavy atom. The van der Waals surface area contributed by atoms with Crippen LogP contribution in [0.2, 0.25) is 0 Å². The van der Waals surface area contributed by atoms with Gasteiger partial charge in [0.25, 0.3) is 0 Å². The van der Waals surface area contributed by atoms with Crippen molar-refractivity contribution in [2.24, 2.45) is 0 Å². The van der Waals surface area contributed by atoms with Gasteiger partial charge in [-0.2, -0.15) is 0 Å². The van der Waals surface area contributed by atoms with Crippen LogP contribution in [0.1, 0.15) is 114 Å². The van der Waals surface area contributed by atoms with Crippen LogP contribution < -0.4 is 0 Å². The number of aliphatic hydroxyl groups is 1. The third-order valence-corrected chi connectivity index (χ3v) is 8.07. The van der Waals surface area contributed by atoms with Gasteiger partial charge in [0.2, 0.25) is 0 Å². The monoisotopic (exact) mass is 558 g/mol. The maximum absolute atomic E-state index is 10.9. The first-order valence-corrected chi connectivity index (χ1v) is 16.3. The second-order valence-corrected chi connectivity index (χ2v) is 11.6. The van der Waals surface area contributed by atoms with Crippen molar-refractivity contribution in [3.05, 3.63) is 108 Å². The Bertz CT molecular complexity index is 924. The van der Waals surface area contributed by atoms with Crippen molar-refractivity contribution in [2.75, 3.05) is 13.2 Å². The molecular formula is C38H54O3. The van der Waals surface area contributed by atoms with Gasteiger partial charge in [-0.3, -0.25) is 0 Å². The van der Waals surface area contributed by atoms with Gasteiger partial charge in [-0.25, -0.2) is 0 Å². The molecule has 0 fully saturated rings. The van der Waals surface area contributed by atoms with E-state index in [0.717, 1.165) is 23.1 Å². The molecular weight excluding hydrogens is 504 g/mol. The van der Waals surface area contributed by atoms with Crippen molar-refractivity contribution in [3.8, 4) is 0 Å². The van der Waals surface area contributed by atoms with E-state index in [4.69, 9.17) is 9.47 Å². The molecule has 0 aliphatic heterocycles. The predicted molar refractivity (Wildman–Crippen MR) is 172 cm³/mol. The van der Waals surface area contributed by atoms with Gasteiger partial charge in [-0.1, -0.05) is 175 Å². The van der Waals surface area contributed by atoms with E-state index in [-0.39, 0.29) is 19.3 Å². The van der Waals surface area contributed by atoms with Crippen LogP contribution in [-0.2, 0) is 15.1 Å². The lowest BCUT2D eigenvalue weighted by Gasteiger charge is -2.36. The van der Waals surface area contributed by atoms with Crippen molar-refractivity contribution in [1.82, 2.24) is 0 Å². The summed E-state index contributed by atoms with van der Waals surface area (Å²) in [4.78, 5) is 0. The van der Waals surface area contributed by atoms with Crippen LogP contribution in [0.3, 0.4) is 0 Å². The Kier molecular flexibility index (Phi) is 15.8. The number of hydrogen-bond donors (Lipinski definition) is 1. The largest absolute Gasteiger partial charge is 0.388 e. The molecule has 0 aliphatic carbocycles. The minimum Gasteiger partial charge on any atom is -0.388 e. The van der Waals surface area contributed by atoms with Gasteiger partial charge in [0.15, 0.2) is 0 Å². The number of hydrogen-bond acceptors (Lipinski definition) is 3. The highest BCUT2D eigenvalue weighted by Gasteiger charge is 2.38. The Hall–Kier alpha value is -2.46. The van der Waals surface area contributed by atoms with Crippen LogP contribution in [0, 0.1) is 0 Å². The summed E-state index contributed by atoms with van der Waals surface area (Å²) in [6.07, 6.45) is 16.7. The van der Waals surface area contributed by atoms with Gasteiger partial charge in [-0.05, 0) is 30.0 Å². The molecule has 3 aromatic carbocycles. The SMILES string of the molecule is CCCCCCCCCCCCCCC(C)OC[C@@H](O)COC(c1ccccc1)(c1ccccc1)c1ccccc1. The Morgan fingerprint density at radius 3 is 1.37 bits per heavy atom. The molecule has 224 valence electrons. The van der Waals surface area contributed by atoms with E-state index in [0.29, 0.717) is 0 Å². The van der Waals surface area contributed by atoms with Gasteiger partial charge < -0.3 is 14.6 Å². The molecule has 0 aromatic heterocycles. The van der Waals surface area contributed by atoms with Gasteiger partial charge in [0.05, 0.1) is 19.3 Å². The lowest BCUT2D eigenvalue weighted by molar-refractivity contribution is -0.0754. The quantitative estimate of drug-likeness (QED) is 0.0985. The van der Waals surface area contributed by atoms with Crippen LogP contribution >= 0.6 is 0 Å². The predicted octanol–water partition coefficient (Wildman–Crippen LogP) is 9.85. The van der Waals surface area contributed by atoms with Crippen LogP contribution in [0.25, 0.3) is 0 Å².